The van der Waals surface area contributed by atoms with Gasteiger partial charge in [-0.1, -0.05) is 38.2 Å². The zero-order valence-electron chi connectivity index (χ0n) is 12.4. The molecule has 0 N–H and O–H groups in total. The summed E-state index contributed by atoms with van der Waals surface area (Å²) in [5.74, 6) is 0.338. The topological polar surface area (TPSA) is 12.9 Å². The number of aromatic nitrogens is 1. The van der Waals surface area contributed by atoms with Crippen LogP contribution in [-0.2, 0) is 0 Å². The molecule has 21 heavy (non-hydrogen) atoms. The quantitative estimate of drug-likeness (QED) is 0.687. The normalized spacial score (nSPS) is 17.2. The number of rotatable bonds is 2. The van der Waals surface area contributed by atoms with E-state index in [0.717, 1.165) is 16.8 Å². The first-order valence-electron chi connectivity index (χ1n) is 8.05. The van der Waals surface area contributed by atoms with E-state index in [1.165, 1.54) is 44.9 Å². The fourth-order valence-electron chi connectivity index (χ4n) is 3.39. The summed E-state index contributed by atoms with van der Waals surface area (Å²) in [6, 6.07) is 11.1. The highest BCUT2D eigenvalue weighted by Crippen LogP contribution is 2.36. The lowest BCUT2D eigenvalue weighted by Gasteiger charge is -2.22. The molecule has 0 radical (unpaired) electrons. The van der Waals surface area contributed by atoms with Gasteiger partial charge >= 0.3 is 0 Å². The summed E-state index contributed by atoms with van der Waals surface area (Å²) in [7, 11) is 0. The maximum absolute atomic E-state index is 13.8. The van der Waals surface area contributed by atoms with Crippen LogP contribution in [0.4, 0.5) is 4.39 Å². The lowest BCUT2D eigenvalue weighted by molar-refractivity contribution is 0.454. The van der Waals surface area contributed by atoms with Crippen LogP contribution in [-0.4, -0.2) is 4.98 Å². The van der Waals surface area contributed by atoms with Crippen LogP contribution in [0.5, 0.6) is 0 Å². The van der Waals surface area contributed by atoms with Crippen molar-refractivity contribution in [2.45, 2.75) is 50.9 Å². The maximum Gasteiger partial charge on any atom is 0.123 e. The fraction of sp³-hybridized carbons (Fsp3) is 0.421. The number of hydrogen-bond donors (Lipinski definition) is 0. The monoisotopic (exact) mass is 283 g/mol. The van der Waals surface area contributed by atoms with Gasteiger partial charge in [0.25, 0.3) is 0 Å². The van der Waals surface area contributed by atoms with Gasteiger partial charge in [0.1, 0.15) is 5.82 Å². The average molecular weight is 283 g/mol. The molecule has 110 valence electrons. The predicted octanol–water partition coefficient (Wildman–Crippen LogP) is 5.72. The standard InChI is InChI=1S/C19H22FN/c20-16-11-12-17(19-10-6-7-13-21-19)18(14-16)15-8-4-2-1-3-5-9-15/h6-7,10-15H,1-5,8-9H2. The van der Waals surface area contributed by atoms with Crippen molar-refractivity contribution in [3.05, 3.63) is 54.0 Å². The van der Waals surface area contributed by atoms with Gasteiger partial charge in [-0.3, -0.25) is 4.98 Å². The number of hydrogen-bond acceptors (Lipinski definition) is 1. The highest BCUT2D eigenvalue weighted by molar-refractivity contribution is 5.64. The first-order chi connectivity index (χ1) is 10.3. The Morgan fingerprint density at radius 2 is 1.67 bits per heavy atom. The van der Waals surface area contributed by atoms with Crippen LogP contribution in [0.15, 0.2) is 42.6 Å². The molecular formula is C19H22FN. The number of halogens is 1. The smallest absolute Gasteiger partial charge is 0.123 e. The summed E-state index contributed by atoms with van der Waals surface area (Å²) >= 11 is 0. The summed E-state index contributed by atoms with van der Waals surface area (Å²) in [4.78, 5) is 4.45. The number of benzene rings is 1. The molecule has 1 aliphatic rings. The fourth-order valence-corrected chi connectivity index (χ4v) is 3.39. The van der Waals surface area contributed by atoms with E-state index >= 15 is 0 Å². The lowest BCUT2D eigenvalue weighted by Crippen LogP contribution is -2.05. The van der Waals surface area contributed by atoms with Crippen molar-refractivity contribution in [3.63, 3.8) is 0 Å². The highest BCUT2D eigenvalue weighted by Gasteiger charge is 2.18. The third-order valence-corrected chi connectivity index (χ3v) is 4.50. The van der Waals surface area contributed by atoms with E-state index in [2.05, 4.69) is 4.98 Å². The Hall–Kier alpha value is -1.70. The first-order valence-corrected chi connectivity index (χ1v) is 8.05. The van der Waals surface area contributed by atoms with E-state index in [0.29, 0.717) is 5.92 Å². The van der Waals surface area contributed by atoms with E-state index in [1.807, 2.05) is 24.3 Å². The molecule has 0 saturated heterocycles. The van der Waals surface area contributed by atoms with Gasteiger partial charge in [0.15, 0.2) is 0 Å². The van der Waals surface area contributed by atoms with Gasteiger partial charge in [-0.25, -0.2) is 4.39 Å². The Balaban J connectivity index is 1.97. The van der Waals surface area contributed by atoms with Crippen molar-refractivity contribution >= 4 is 0 Å². The van der Waals surface area contributed by atoms with Crippen LogP contribution >= 0.6 is 0 Å². The lowest BCUT2D eigenvalue weighted by atomic mass is 9.83. The molecule has 0 unspecified atom stereocenters. The largest absolute Gasteiger partial charge is 0.256 e. The minimum absolute atomic E-state index is 0.133. The second-order valence-corrected chi connectivity index (χ2v) is 5.99. The van der Waals surface area contributed by atoms with Crippen molar-refractivity contribution < 1.29 is 4.39 Å². The molecule has 3 rings (SSSR count). The zero-order chi connectivity index (χ0) is 14.5. The molecule has 1 aromatic carbocycles. The van der Waals surface area contributed by atoms with Gasteiger partial charge in [0, 0.05) is 11.8 Å². The first kappa shape index (κ1) is 14.2. The molecule has 2 aromatic rings. The number of pyridine rings is 1. The van der Waals surface area contributed by atoms with Gasteiger partial charge in [0.05, 0.1) is 5.69 Å². The molecule has 1 nitrogen and oxygen atoms in total. The van der Waals surface area contributed by atoms with Crippen molar-refractivity contribution in [3.8, 4) is 11.3 Å². The highest BCUT2D eigenvalue weighted by atomic mass is 19.1. The van der Waals surface area contributed by atoms with Gasteiger partial charge in [-0.15, -0.1) is 0 Å². The molecule has 1 fully saturated rings. The van der Waals surface area contributed by atoms with E-state index in [4.69, 9.17) is 0 Å². The van der Waals surface area contributed by atoms with Crippen LogP contribution in [0.2, 0.25) is 0 Å². The molecule has 0 atom stereocenters. The third-order valence-electron chi connectivity index (χ3n) is 4.50. The molecule has 1 aromatic heterocycles. The van der Waals surface area contributed by atoms with E-state index in [9.17, 15) is 4.39 Å². The zero-order valence-corrected chi connectivity index (χ0v) is 12.4. The van der Waals surface area contributed by atoms with Crippen LogP contribution in [0.1, 0.15) is 56.4 Å². The molecule has 2 heteroatoms. The van der Waals surface area contributed by atoms with Crippen LogP contribution in [0.25, 0.3) is 11.3 Å². The summed E-state index contributed by atoms with van der Waals surface area (Å²) in [6.07, 6.45) is 10.6. The van der Waals surface area contributed by atoms with Crippen LogP contribution in [0.3, 0.4) is 0 Å². The summed E-state index contributed by atoms with van der Waals surface area (Å²) in [5, 5.41) is 0. The van der Waals surface area contributed by atoms with Crippen molar-refractivity contribution in [1.29, 1.82) is 0 Å². The van der Waals surface area contributed by atoms with Crippen molar-refractivity contribution in [1.82, 2.24) is 4.98 Å². The van der Waals surface area contributed by atoms with E-state index < -0.39 is 0 Å². The summed E-state index contributed by atoms with van der Waals surface area (Å²) in [6.45, 7) is 0. The maximum atomic E-state index is 13.8. The predicted molar refractivity (Wildman–Crippen MR) is 84.7 cm³/mol. The summed E-state index contributed by atoms with van der Waals surface area (Å²) in [5.41, 5.74) is 3.20. The Bertz CT molecular complexity index is 571. The second kappa shape index (κ2) is 6.84. The summed E-state index contributed by atoms with van der Waals surface area (Å²) < 4.78 is 13.8. The minimum atomic E-state index is -0.133. The van der Waals surface area contributed by atoms with Gasteiger partial charge in [-0.2, -0.15) is 0 Å². The van der Waals surface area contributed by atoms with E-state index in [-0.39, 0.29) is 5.82 Å². The Morgan fingerprint density at radius 1 is 0.905 bits per heavy atom. The molecule has 0 amide bonds. The van der Waals surface area contributed by atoms with Gasteiger partial charge in [0.2, 0.25) is 0 Å². The van der Waals surface area contributed by atoms with Crippen molar-refractivity contribution in [2.75, 3.05) is 0 Å². The molecule has 1 aliphatic carbocycles. The number of nitrogens with zero attached hydrogens (tertiary/aromatic N) is 1. The Morgan fingerprint density at radius 3 is 2.38 bits per heavy atom. The minimum Gasteiger partial charge on any atom is -0.256 e. The molecule has 1 saturated carbocycles. The molecule has 1 heterocycles. The Labute approximate surface area is 126 Å². The Kier molecular flexibility index (Phi) is 4.64. The molecule has 0 aliphatic heterocycles. The molecular weight excluding hydrogens is 261 g/mol. The van der Waals surface area contributed by atoms with Crippen LogP contribution in [0, 0.1) is 5.82 Å². The van der Waals surface area contributed by atoms with Gasteiger partial charge < -0.3 is 0 Å². The molecule has 0 spiro atoms. The van der Waals surface area contributed by atoms with Crippen molar-refractivity contribution in [2.24, 2.45) is 0 Å². The van der Waals surface area contributed by atoms with E-state index in [1.54, 1.807) is 18.3 Å². The second-order valence-electron chi connectivity index (χ2n) is 5.99. The van der Waals surface area contributed by atoms with Crippen LogP contribution < -0.4 is 0 Å². The van der Waals surface area contributed by atoms with Gasteiger partial charge in [-0.05, 0) is 54.7 Å². The third kappa shape index (κ3) is 3.49. The molecule has 0 bridgehead atoms. The SMILES string of the molecule is Fc1ccc(-c2ccccn2)c(C2CCCCCCC2)c1. The average Bonchev–Trinajstić information content (AvgIpc) is 2.48.